The lowest BCUT2D eigenvalue weighted by atomic mass is 10.1. The summed E-state index contributed by atoms with van der Waals surface area (Å²) in [5.74, 6) is 0.641. The molecule has 0 saturated carbocycles. The molecule has 0 aliphatic heterocycles. The van der Waals surface area contributed by atoms with Crippen molar-refractivity contribution in [2.75, 3.05) is 18.5 Å². The van der Waals surface area contributed by atoms with Crippen LogP contribution in [0.2, 0.25) is 0 Å². The van der Waals surface area contributed by atoms with Gasteiger partial charge >= 0.3 is 6.18 Å². The molecule has 0 aliphatic rings. The molecule has 1 aromatic carbocycles. The van der Waals surface area contributed by atoms with E-state index in [1.807, 2.05) is 11.9 Å². The first-order valence-electron chi connectivity index (χ1n) is 6.23. The van der Waals surface area contributed by atoms with Gasteiger partial charge in [0.05, 0.1) is 5.56 Å². The van der Waals surface area contributed by atoms with Gasteiger partial charge < -0.3 is 4.90 Å². The van der Waals surface area contributed by atoms with Crippen LogP contribution in [-0.4, -0.2) is 13.6 Å². The highest BCUT2D eigenvalue weighted by molar-refractivity contribution is 5.47. The minimum absolute atomic E-state index is 0.596. The van der Waals surface area contributed by atoms with E-state index in [1.54, 1.807) is 0 Å². The van der Waals surface area contributed by atoms with Gasteiger partial charge in [-0.15, -0.1) is 0 Å². The number of rotatable bonds is 5. The number of hydrogen-bond donors (Lipinski definition) is 0. The molecule has 102 valence electrons. The van der Waals surface area contributed by atoms with E-state index < -0.39 is 11.7 Å². The molecule has 0 aliphatic carbocycles. The molecule has 0 N–H and O–H groups in total. The van der Waals surface area contributed by atoms with E-state index in [-0.39, 0.29) is 0 Å². The van der Waals surface area contributed by atoms with Crippen molar-refractivity contribution in [2.24, 2.45) is 5.92 Å². The van der Waals surface area contributed by atoms with Crippen LogP contribution < -0.4 is 4.90 Å². The van der Waals surface area contributed by atoms with Crippen molar-refractivity contribution in [3.05, 3.63) is 29.8 Å². The lowest BCUT2D eigenvalue weighted by molar-refractivity contribution is -0.137. The topological polar surface area (TPSA) is 3.24 Å². The van der Waals surface area contributed by atoms with E-state index in [0.717, 1.165) is 37.2 Å². The van der Waals surface area contributed by atoms with Crippen LogP contribution in [0.4, 0.5) is 18.9 Å². The SMILES string of the molecule is CCC(C)CCN(C)c1ccc(C(F)(F)F)cc1. The van der Waals surface area contributed by atoms with Crippen LogP contribution >= 0.6 is 0 Å². The Morgan fingerprint density at radius 3 is 2.17 bits per heavy atom. The van der Waals surface area contributed by atoms with Crippen LogP contribution in [0.3, 0.4) is 0 Å². The smallest absolute Gasteiger partial charge is 0.375 e. The van der Waals surface area contributed by atoms with E-state index in [2.05, 4.69) is 13.8 Å². The van der Waals surface area contributed by atoms with E-state index in [9.17, 15) is 13.2 Å². The molecule has 0 bridgehead atoms. The Labute approximate surface area is 107 Å². The highest BCUT2D eigenvalue weighted by Gasteiger charge is 2.30. The number of anilines is 1. The summed E-state index contributed by atoms with van der Waals surface area (Å²) in [6.45, 7) is 5.18. The fourth-order valence-corrected chi connectivity index (χ4v) is 1.65. The molecule has 0 amide bonds. The third-order valence-corrected chi connectivity index (χ3v) is 3.29. The maximum Gasteiger partial charge on any atom is 0.416 e. The zero-order valence-electron chi connectivity index (χ0n) is 11.1. The first-order valence-corrected chi connectivity index (χ1v) is 6.23. The predicted molar refractivity (Wildman–Crippen MR) is 68.8 cm³/mol. The lowest BCUT2D eigenvalue weighted by Crippen LogP contribution is -2.20. The van der Waals surface area contributed by atoms with Crippen molar-refractivity contribution in [1.29, 1.82) is 0 Å². The summed E-state index contributed by atoms with van der Waals surface area (Å²) in [5.41, 5.74) is 0.230. The standard InChI is InChI=1S/C14H20F3N/c1-4-11(2)9-10-18(3)13-7-5-12(6-8-13)14(15,16)17/h5-8,11H,4,9-10H2,1-3H3. The van der Waals surface area contributed by atoms with E-state index >= 15 is 0 Å². The predicted octanol–water partition coefficient (Wildman–Crippen LogP) is 4.58. The quantitative estimate of drug-likeness (QED) is 0.748. The molecule has 4 heteroatoms. The van der Waals surface area contributed by atoms with Crippen LogP contribution in [0.5, 0.6) is 0 Å². The Balaban J connectivity index is 2.62. The fraction of sp³-hybridized carbons (Fsp3) is 0.571. The molecule has 1 atom stereocenters. The molecule has 1 aromatic rings. The van der Waals surface area contributed by atoms with Crippen molar-refractivity contribution >= 4 is 5.69 Å². The molecular formula is C14H20F3N. The maximum absolute atomic E-state index is 12.4. The Hall–Kier alpha value is -1.19. The van der Waals surface area contributed by atoms with Crippen molar-refractivity contribution in [3.63, 3.8) is 0 Å². The second kappa shape index (κ2) is 6.12. The highest BCUT2D eigenvalue weighted by Crippen LogP contribution is 2.30. The van der Waals surface area contributed by atoms with Gasteiger partial charge in [0, 0.05) is 19.3 Å². The third-order valence-electron chi connectivity index (χ3n) is 3.29. The first-order chi connectivity index (χ1) is 8.34. The van der Waals surface area contributed by atoms with Crippen molar-refractivity contribution < 1.29 is 13.2 Å². The number of benzene rings is 1. The number of alkyl halides is 3. The van der Waals surface area contributed by atoms with Crippen molar-refractivity contribution in [2.45, 2.75) is 32.9 Å². The number of nitrogens with zero attached hydrogens (tertiary/aromatic N) is 1. The Bertz CT molecular complexity index is 356. The molecule has 1 nitrogen and oxygen atoms in total. The Kier molecular flexibility index (Phi) is 5.05. The number of halogens is 3. The van der Waals surface area contributed by atoms with Gasteiger partial charge in [0.15, 0.2) is 0 Å². The molecular weight excluding hydrogens is 239 g/mol. The van der Waals surface area contributed by atoms with Crippen molar-refractivity contribution in [3.8, 4) is 0 Å². The normalized spacial score (nSPS) is 13.4. The van der Waals surface area contributed by atoms with Gasteiger partial charge in [0.25, 0.3) is 0 Å². The second-order valence-electron chi connectivity index (χ2n) is 4.77. The third kappa shape index (κ3) is 4.24. The molecule has 0 aromatic heterocycles. The molecule has 0 heterocycles. The minimum atomic E-state index is -4.26. The lowest BCUT2D eigenvalue weighted by Gasteiger charge is -2.21. The molecule has 18 heavy (non-hydrogen) atoms. The van der Waals surface area contributed by atoms with E-state index in [1.165, 1.54) is 12.1 Å². The monoisotopic (exact) mass is 259 g/mol. The van der Waals surface area contributed by atoms with Crippen LogP contribution in [0.25, 0.3) is 0 Å². The highest BCUT2D eigenvalue weighted by atomic mass is 19.4. The van der Waals surface area contributed by atoms with Crippen LogP contribution in [0.1, 0.15) is 32.3 Å². The molecule has 1 rings (SSSR count). The summed E-state index contributed by atoms with van der Waals surface area (Å²) in [7, 11) is 1.91. The summed E-state index contributed by atoms with van der Waals surface area (Å²) in [6, 6.07) is 5.32. The van der Waals surface area contributed by atoms with Crippen LogP contribution in [0.15, 0.2) is 24.3 Å². The molecule has 1 unspecified atom stereocenters. The second-order valence-corrected chi connectivity index (χ2v) is 4.77. The van der Waals surface area contributed by atoms with E-state index in [4.69, 9.17) is 0 Å². The Morgan fingerprint density at radius 2 is 1.72 bits per heavy atom. The fourth-order valence-electron chi connectivity index (χ4n) is 1.65. The van der Waals surface area contributed by atoms with Crippen molar-refractivity contribution in [1.82, 2.24) is 0 Å². The van der Waals surface area contributed by atoms with Gasteiger partial charge in [0.2, 0.25) is 0 Å². The van der Waals surface area contributed by atoms with Gasteiger partial charge in [-0.05, 0) is 36.6 Å². The molecule has 0 saturated heterocycles. The summed E-state index contributed by atoms with van der Waals surface area (Å²) >= 11 is 0. The van der Waals surface area contributed by atoms with Gasteiger partial charge in [0.1, 0.15) is 0 Å². The zero-order valence-corrected chi connectivity index (χ0v) is 11.1. The summed E-state index contributed by atoms with van der Waals surface area (Å²) in [4.78, 5) is 1.99. The summed E-state index contributed by atoms with van der Waals surface area (Å²) in [5, 5.41) is 0. The molecule has 0 fully saturated rings. The number of hydrogen-bond acceptors (Lipinski definition) is 1. The first kappa shape index (κ1) is 14.9. The summed E-state index contributed by atoms with van der Waals surface area (Å²) < 4.78 is 37.2. The molecule has 0 radical (unpaired) electrons. The zero-order chi connectivity index (χ0) is 13.8. The molecule has 0 spiro atoms. The Morgan fingerprint density at radius 1 is 1.17 bits per heavy atom. The van der Waals surface area contributed by atoms with Crippen LogP contribution in [-0.2, 0) is 6.18 Å². The minimum Gasteiger partial charge on any atom is -0.375 e. The largest absolute Gasteiger partial charge is 0.416 e. The maximum atomic E-state index is 12.4. The van der Waals surface area contributed by atoms with Crippen LogP contribution in [0, 0.1) is 5.92 Å². The summed E-state index contributed by atoms with van der Waals surface area (Å²) in [6.07, 6.45) is -2.08. The van der Waals surface area contributed by atoms with Gasteiger partial charge in [-0.2, -0.15) is 13.2 Å². The van der Waals surface area contributed by atoms with Gasteiger partial charge in [-0.1, -0.05) is 20.3 Å². The van der Waals surface area contributed by atoms with Gasteiger partial charge in [-0.3, -0.25) is 0 Å². The van der Waals surface area contributed by atoms with Gasteiger partial charge in [-0.25, -0.2) is 0 Å². The average molecular weight is 259 g/mol. The van der Waals surface area contributed by atoms with E-state index in [0.29, 0.717) is 5.92 Å². The average Bonchev–Trinajstić information content (AvgIpc) is 2.34.